The van der Waals surface area contributed by atoms with Crippen molar-refractivity contribution in [1.82, 2.24) is 4.90 Å². The van der Waals surface area contributed by atoms with Crippen LogP contribution < -0.4 is 5.73 Å². The number of hydrogen-bond donors (Lipinski definition) is 1. The molecule has 1 aliphatic rings. The monoisotopic (exact) mass is 258 g/mol. The summed E-state index contributed by atoms with van der Waals surface area (Å²) in [5.74, 6) is 0. The highest BCUT2D eigenvalue weighted by molar-refractivity contribution is 7.80. The van der Waals surface area contributed by atoms with Crippen molar-refractivity contribution < 1.29 is 4.74 Å². The molecule has 100 valence electrons. The molecule has 3 nitrogen and oxygen atoms in total. The fourth-order valence-electron chi connectivity index (χ4n) is 2.93. The minimum absolute atomic E-state index is 0.0592. The summed E-state index contributed by atoms with van der Waals surface area (Å²) in [6.45, 7) is 12.5. The minimum atomic E-state index is -0.135. The first kappa shape index (κ1) is 14.9. The first-order valence-electron chi connectivity index (χ1n) is 6.40. The van der Waals surface area contributed by atoms with Gasteiger partial charge in [0.15, 0.2) is 0 Å². The number of rotatable bonds is 5. The smallest absolute Gasteiger partial charge is 0.0870 e. The van der Waals surface area contributed by atoms with Crippen LogP contribution in [0.4, 0.5) is 0 Å². The van der Waals surface area contributed by atoms with E-state index in [0.717, 1.165) is 19.4 Å². The van der Waals surface area contributed by atoms with Crippen molar-refractivity contribution >= 4 is 17.2 Å². The molecule has 0 amide bonds. The first-order valence-corrected chi connectivity index (χ1v) is 6.81. The molecule has 0 spiro atoms. The maximum absolute atomic E-state index is 6.13. The summed E-state index contributed by atoms with van der Waals surface area (Å²) in [6.07, 6.45) is 2.14. The second-order valence-corrected chi connectivity index (χ2v) is 6.65. The molecule has 4 heteroatoms. The van der Waals surface area contributed by atoms with Crippen molar-refractivity contribution in [2.45, 2.75) is 64.7 Å². The Hall–Kier alpha value is -0.190. The molecule has 17 heavy (non-hydrogen) atoms. The van der Waals surface area contributed by atoms with E-state index in [4.69, 9.17) is 22.7 Å². The number of thiocarbonyl (C=S) groups is 1. The minimum Gasteiger partial charge on any atom is -0.392 e. The fourth-order valence-corrected chi connectivity index (χ4v) is 3.10. The highest BCUT2D eigenvalue weighted by Crippen LogP contribution is 2.40. The second kappa shape index (κ2) is 5.21. The Bertz CT molecular complexity index is 289. The van der Waals surface area contributed by atoms with E-state index in [1.54, 1.807) is 0 Å². The van der Waals surface area contributed by atoms with Crippen LogP contribution in [0.25, 0.3) is 0 Å². The molecule has 1 fully saturated rings. The zero-order valence-electron chi connectivity index (χ0n) is 11.7. The molecule has 2 N–H and O–H groups in total. The summed E-state index contributed by atoms with van der Waals surface area (Å²) in [7, 11) is 0. The lowest BCUT2D eigenvalue weighted by molar-refractivity contribution is -0.0793. The third kappa shape index (κ3) is 3.90. The molecule has 1 heterocycles. The molecule has 0 bridgehead atoms. The molecule has 0 saturated carbocycles. The van der Waals surface area contributed by atoms with Crippen molar-refractivity contribution in [1.29, 1.82) is 0 Å². The van der Waals surface area contributed by atoms with Gasteiger partial charge in [-0.05, 0) is 47.1 Å². The van der Waals surface area contributed by atoms with Gasteiger partial charge in [-0.1, -0.05) is 19.1 Å². The van der Waals surface area contributed by atoms with Crippen LogP contribution >= 0.6 is 12.2 Å². The molecule has 1 saturated heterocycles. The van der Waals surface area contributed by atoms with Crippen LogP contribution in [0.1, 0.15) is 47.5 Å². The Labute approximate surface area is 111 Å². The molecule has 0 aromatic rings. The van der Waals surface area contributed by atoms with E-state index >= 15 is 0 Å². The molecule has 1 unspecified atom stereocenters. The van der Waals surface area contributed by atoms with Gasteiger partial charge in [-0.3, -0.25) is 4.90 Å². The molecular formula is C13H26N2OS. The molecular weight excluding hydrogens is 232 g/mol. The summed E-state index contributed by atoms with van der Waals surface area (Å²) in [6, 6.07) is 0.388. The lowest BCUT2D eigenvalue weighted by atomic mass is 9.92. The van der Waals surface area contributed by atoms with Crippen LogP contribution in [-0.4, -0.2) is 40.2 Å². The van der Waals surface area contributed by atoms with Gasteiger partial charge in [-0.2, -0.15) is 0 Å². The summed E-state index contributed by atoms with van der Waals surface area (Å²) >= 11 is 5.05. The van der Waals surface area contributed by atoms with E-state index < -0.39 is 0 Å². The van der Waals surface area contributed by atoms with Gasteiger partial charge in [-0.25, -0.2) is 0 Å². The zero-order valence-corrected chi connectivity index (χ0v) is 12.6. The van der Waals surface area contributed by atoms with E-state index in [9.17, 15) is 0 Å². The van der Waals surface area contributed by atoms with Crippen molar-refractivity contribution in [3.63, 3.8) is 0 Å². The molecule has 0 aromatic carbocycles. The number of hydrogen-bond acceptors (Lipinski definition) is 3. The van der Waals surface area contributed by atoms with Gasteiger partial charge in [-0.15, -0.1) is 0 Å². The van der Waals surface area contributed by atoms with Crippen molar-refractivity contribution in [2.75, 3.05) is 13.1 Å². The summed E-state index contributed by atoms with van der Waals surface area (Å²) in [4.78, 5) is 2.94. The number of ether oxygens (including phenoxy) is 1. The lowest BCUT2D eigenvalue weighted by Crippen LogP contribution is -2.49. The molecule has 0 radical (unpaired) electrons. The normalized spacial score (nSPS) is 26.4. The van der Waals surface area contributed by atoms with E-state index in [1.165, 1.54) is 0 Å². The van der Waals surface area contributed by atoms with E-state index in [1.807, 2.05) is 0 Å². The molecule has 0 aromatic heterocycles. The Morgan fingerprint density at radius 2 is 2.00 bits per heavy atom. The second-order valence-electron chi connectivity index (χ2n) is 6.12. The average molecular weight is 258 g/mol. The Morgan fingerprint density at radius 3 is 2.35 bits per heavy atom. The standard InChI is InChI=1S/C13H26N2OS/c1-6-7-15(9-11(14)17)10-8-12(2,3)16-13(10,4)5/h10H,6-9H2,1-5H3,(H2,14,17). The lowest BCUT2D eigenvalue weighted by Gasteiger charge is -2.35. The number of nitrogens with two attached hydrogens (primary N) is 1. The van der Waals surface area contributed by atoms with Gasteiger partial charge in [0.2, 0.25) is 0 Å². The van der Waals surface area contributed by atoms with Gasteiger partial charge >= 0.3 is 0 Å². The highest BCUT2D eigenvalue weighted by Gasteiger charge is 2.48. The summed E-state index contributed by atoms with van der Waals surface area (Å²) in [5, 5.41) is 0. The summed E-state index contributed by atoms with van der Waals surface area (Å²) < 4.78 is 6.13. The van der Waals surface area contributed by atoms with Crippen LogP contribution in [0.5, 0.6) is 0 Å². The molecule has 1 atom stereocenters. The van der Waals surface area contributed by atoms with E-state index in [-0.39, 0.29) is 11.2 Å². The molecule has 1 aliphatic heterocycles. The Kier molecular flexibility index (Phi) is 4.55. The maximum Gasteiger partial charge on any atom is 0.0870 e. The number of nitrogens with zero attached hydrogens (tertiary/aromatic N) is 1. The van der Waals surface area contributed by atoms with E-state index in [0.29, 0.717) is 17.6 Å². The van der Waals surface area contributed by atoms with Gasteiger partial charge in [0.1, 0.15) is 0 Å². The SMILES string of the molecule is CCCN(CC(N)=S)C1CC(C)(C)OC1(C)C. The van der Waals surface area contributed by atoms with Crippen molar-refractivity contribution in [2.24, 2.45) is 5.73 Å². The highest BCUT2D eigenvalue weighted by atomic mass is 32.1. The first-order chi connectivity index (χ1) is 7.68. The van der Waals surface area contributed by atoms with Crippen LogP contribution in [-0.2, 0) is 4.74 Å². The van der Waals surface area contributed by atoms with Gasteiger partial charge in [0, 0.05) is 12.6 Å². The molecule has 1 rings (SSSR count). The van der Waals surface area contributed by atoms with Crippen LogP contribution in [0, 0.1) is 0 Å². The van der Waals surface area contributed by atoms with Crippen LogP contribution in [0.2, 0.25) is 0 Å². The van der Waals surface area contributed by atoms with Crippen LogP contribution in [0.15, 0.2) is 0 Å². The largest absolute Gasteiger partial charge is 0.392 e. The van der Waals surface area contributed by atoms with E-state index in [2.05, 4.69) is 39.5 Å². The molecule has 0 aliphatic carbocycles. The fraction of sp³-hybridized carbons (Fsp3) is 0.923. The topological polar surface area (TPSA) is 38.5 Å². The zero-order chi connectivity index (χ0) is 13.3. The van der Waals surface area contributed by atoms with Gasteiger partial charge < -0.3 is 10.5 Å². The quantitative estimate of drug-likeness (QED) is 0.768. The van der Waals surface area contributed by atoms with Crippen molar-refractivity contribution in [3.8, 4) is 0 Å². The average Bonchev–Trinajstić information content (AvgIpc) is 2.32. The predicted octanol–water partition coefficient (Wildman–Crippen LogP) is 2.33. The van der Waals surface area contributed by atoms with Gasteiger partial charge in [0.05, 0.1) is 16.2 Å². The third-order valence-electron chi connectivity index (χ3n) is 3.34. The maximum atomic E-state index is 6.13. The Morgan fingerprint density at radius 1 is 1.41 bits per heavy atom. The third-order valence-corrected chi connectivity index (χ3v) is 3.47. The Balaban J connectivity index is 2.83. The summed E-state index contributed by atoms with van der Waals surface area (Å²) in [5.41, 5.74) is 5.50. The van der Waals surface area contributed by atoms with Crippen LogP contribution in [0.3, 0.4) is 0 Å². The van der Waals surface area contributed by atoms with Gasteiger partial charge in [0.25, 0.3) is 0 Å². The predicted molar refractivity (Wildman–Crippen MR) is 76.3 cm³/mol. The van der Waals surface area contributed by atoms with Crippen molar-refractivity contribution in [3.05, 3.63) is 0 Å².